The molecule has 1 aliphatic heterocycles. The van der Waals surface area contributed by atoms with Gasteiger partial charge in [-0.25, -0.2) is 0 Å². The number of ether oxygens (including phenoxy) is 2. The lowest BCUT2D eigenvalue weighted by molar-refractivity contribution is -0.130. The summed E-state index contributed by atoms with van der Waals surface area (Å²) in [6.07, 6.45) is 0.699. The third-order valence-corrected chi connectivity index (χ3v) is 6.04. The Bertz CT molecular complexity index is 1140. The predicted molar refractivity (Wildman–Crippen MR) is 125 cm³/mol. The highest BCUT2D eigenvalue weighted by Gasteiger charge is 2.34. The molecule has 0 aromatic heterocycles. The first-order chi connectivity index (χ1) is 15.5. The van der Waals surface area contributed by atoms with E-state index in [0.29, 0.717) is 30.2 Å². The van der Waals surface area contributed by atoms with Crippen molar-refractivity contribution in [3.8, 4) is 11.5 Å². The van der Waals surface area contributed by atoms with Crippen LogP contribution in [0.3, 0.4) is 0 Å². The SMILES string of the molecule is CC[C@@H](C)C(=O)N[C@H]1COc2ccccc2N(Cc2c(OC)ccc3ccccc23)C1=O. The molecule has 32 heavy (non-hydrogen) atoms. The molecule has 1 N–H and O–H groups in total. The van der Waals surface area contributed by atoms with Gasteiger partial charge in [-0.05, 0) is 35.4 Å². The van der Waals surface area contributed by atoms with Crippen LogP contribution in [-0.2, 0) is 16.1 Å². The molecule has 4 rings (SSSR count). The molecular formula is C26H28N2O4. The fourth-order valence-corrected chi connectivity index (χ4v) is 3.95. The van der Waals surface area contributed by atoms with Crippen LogP contribution in [0.5, 0.6) is 11.5 Å². The van der Waals surface area contributed by atoms with Crippen molar-refractivity contribution in [3.05, 3.63) is 66.2 Å². The number of carbonyl (C=O) groups excluding carboxylic acids is 2. The van der Waals surface area contributed by atoms with Gasteiger partial charge < -0.3 is 19.7 Å². The number of hydrogen-bond donors (Lipinski definition) is 1. The average molecular weight is 433 g/mol. The van der Waals surface area contributed by atoms with Crippen molar-refractivity contribution in [1.82, 2.24) is 5.32 Å². The Labute approximate surface area is 188 Å². The summed E-state index contributed by atoms with van der Waals surface area (Å²) < 4.78 is 11.6. The van der Waals surface area contributed by atoms with Gasteiger partial charge in [0, 0.05) is 11.5 Å². The molecule has 0 fully saturated rings. The Kier molecular flexibility index (Phi) is 6.30. The fourth-order valence-electron chi connectivity index (χ4n) is 3.95. The van der Waals surface area contributed by atoms with E-state index < -0.39 is 6.04 Å². The van der Waals surface area contributed by atoms with Gasteiger partial charge in [0.2, 0.25) is 5.91 Å². The summed E-state index contributed by atoms with van der Waals surface area (Å²) in [4.78, 5) is 27.9. The number of fused-ring (bicyclic) bond motifs is 2. The Hall–Kier alpha value is -3.54. The maximum absolute atomic E-state index is 13.7. The minimum absolute atomic E-state index is 0.0845. The Morgan fingerprint density at radius 1 is 1.16 bits per heavy atom. The largest absolute Gasteiger partial charge is 0.496 e. The van der Waals surface area contributed by atoms with Crippen molar-refractivity contribution in [3.63, 3.8) is 0 Å². The molecule has 1 aliphatic rings. The summed E-state index contributed by atoms with van der Waals surface area (Å²) in [6, 6.07) is 18.6. The molecule has 6 nitrogen and oxygen atoms in total. The zero-order chi connectivity index (χ0) is 22.7. The molecule has 0 unspecified atom stereocenters. The number of rotatable bonds is 6. The van der Waals surface area contributed by atoms with Gasteiger partial charge in [0.05, 0.1) is 19.3 Å². The van der Waals surface area contributed by atoms with Crippen LogP contribution in [0.15, 0.2) is 60.7 Å². The Balaban J connectivity index is 1.76. The molecule has 6 heteroatoms. The smallest absolute Gasteiger partial charge is 0.253 e. The number of nitrogens with zero attached hydrogens (tertiary/aromatic N) is 1. The summed E-state index contributed by atoms with van der Waals surface area (Å²) in [6.45, 7) is 4.18. The zero-order valence-electron chi connectivity index (χ0n) is 18.6. The third-order valence-electron chi connectivity index (χ3n) is 6.04. The number of carbonyl (C=O) groups is 2. The van der Waals surface area contributed by atoms with Crippen molar-refractivity contribution in [2.75, 3.05) is 18.6 Å². The van der Waals surface area contributed by atoms with E-state index in [1.165, 1.54) is 0 Å². The number of amides is 2. The highest BCUT2D eigenvalue weighted by atomic mass is 16.5. The first-order valence-corrected chi connectivity index (χ1v) is 10.9. The van der Waals surface area contributed by atoms with Gasteiger partial charge in [-0.15, -0.1) is 0 Å². The second-order valence-electron chi connectivity index (χ2n) is 8.04. The van der Waals surface area contributed by atoms with Gasteiger partial charge in [-0.2, -0.15) is 0 Å². The van der Waals surface area contributed by atoms with Crippen molar-refractivity contribution in [1.29, 1.82) is 0 Å². The number of hydrogen-bond acceptors (Lipinski definition) is 4. The molecule has 0 bridgehead atoms. The number of para-hydroxylation sites is 2. The summed E-state index contributed by atoms with van der Waals surface area (Å²) in [5.74, 6) is 0.782. The van der Waals surface area contributed by atoms with Gasteiger partial charge in [0.1, 0.15) is 24.1 Å². The molecule has 0 spiro atoms. The Morgan fingerprint density at radius 3 is 2.69 bits per heavy atom. The van der Waals surface area contributed by atoms with Gasteiger partial charge in [0.25, 0.3) is 5.91 Å². The van der Waals surface area contributed by atoms with E-state index in [2.05, 4.69) is 5.32 Å². The second-order valence-corrected chi connectivity index (χ2v) is 8.04. The van der Waals surface area contributed by atoms with E-state index in [1.807, 2.05) is 74.5 Å². The summed E-state index contributed by atoms with van der Waals surface area (Å²) in [7, 11) is 1.63. The zero-order valence-corrected chi connectivity index (χ0v) is 18.6. The van der Waals surface area contributed by atoms with Crippen molar-refractivity contribution < 1.29 is 19.1 Å². The quantitative estimate of drug-likeness (QED) is 0.631. The molecule has 2 amide bonds. The lowest BCUT2D eigenvalue weighted by Crippen LogP contribution is -2.51. The van der Waals surface area contributed by atoms with Gasteiger partial charge in [0.15, 0.2) is 0 Å². The van der Waals surface area contributed by atoms with Gasteiger partial charge in [-0.1, -0.05) is 56.3 Å². The molecule has 0 radical (unpaired) electrons. The van der Waals surface area contributed by atoms with Crippen LogP contribution < -0.4 is 19.7 Å². The minimum Gasteiger partial charge on any atom is -0.496 e. The van der Waals surface area contributed by atoms with E-state index in [9.17, 15) is 9.59 Å². The number of anilines is 1. The standard InChI is InChI=1S/C26H28N2O4/c1-4-17(2)25(29)27-21-16-32-24-12-8-7-11-22(24)28(26(21)30)15-20-19-10-6-5-9-18(19)13-14-23(20)31-3/h5-14,17,21H,4,15-16H2,1-3H3,(H,27,29)/t17-,21+/m1/s1. The van der Waals surface area contributed by atoms with E-state index >= 15 is 0 Å². The molecule has 3 aromatic rings. The molecule has 0 aliphatic carbocycles. The van der Waals surface area contributed by atoms with E-state index in [0.717, 1.165) is 16.3 Å². The van der Waals surface area contributed by atoms with Crippen LogP contribution in [0.25, 0.3) is 10.8 Å². The van der Waals surface area contributed by atoms with Crippen molar-refractivity contribution in [2.45, 2.75) is 32.9 Å². The Morgan fingerprint density at radius 2 is 1.91 bits per heavy atom. The third kappa shape index (κ3) is 4.13. The van der Waals surface area contributed by atoms with Crippen molar-refractivity contribution in [2.24, 2.45) is 5.92 Å². The van der Waals surface area contributed by atoms with E-state index in [-0.39, 0.29) is 24.3 Å². The maximum atomic E-state index is 13.7. The number of methoxy groups -OCH3 is 1. The molecule has 166 valence electrons. The normalized spacial score (nSPS) is 16.7. The van der Waals surface area contributed by atoms with Crippen LogP contribution in [0.1, 0.15) is 25.8 Å². The van der Waals surface area contributed by atoms with E-state index in [1.54, 1.807) is 12.0 Å². The highest BCUT2D eigenvalue weighted by molar-refractivity contribution is 6.02. The van der Waals surface area contributed by atoms with Crippen molar-refractivity contribution >= 4 is 28.3 Å². The van der Waals surface area contributed by atoms with Crippen LogP contribution in [0.4, 0.5) is 5.69 Å². The van der Waals surface area contributed by atoms with Crippen LogP contribution in [0.2, 0.25) is 0 Å². The first-order valence-electron chi connectivity index (χ1n) is 10.9. The lowest BCUT2D eigenvalue weighted by Gasteiger charge is -2.26. The monoisotopic (exact) mass is 432 g/mol. The van der Waals surface area contributed by atoms with Gasteiger partial charge in [-0.3, -0.25) is 9.59 Å². The minimum atomic E-state index is -0.773. The molecule has 3 aromatic carbocycles. The van der Waals surface area contributed by atoms with E-state index in [4.69, 9.17) is 9.47 Å². The molecule has 2 atom stereocenters. The number of benzene rings is 3. The summed E-state index contributed by atoms with van der Waals surface area (Å²) in [5, 5.41) is 4.97. The van der Waals surface area contributed by atoms with Crippen LogP contribution in [-0.4, -0.2) is 31.6 Å². The molecular weight excluding hydrogens is 404 g/mol. The van der Waals surface area contributed by atoms with Crippen LogP contribution in [0, 0.1) is 5.92 Å². The average Bonchev–Trinajstić information content (AvgIpc) is 2.95. The summed E-state index contributed by atoms with van der Waals surface area (Å²) >= 11 is 0. The fraction of sp³-hybridized carbons (Fsp3) is 0.308. The topological polar surface area (TPSA) is 67.9 Å². The highest BCUT2D eigenvalue weighted by Crippen LogP contribution is 2.36. The number of nitrogens with one attached hydrogen (secondary N) is 1. The molecule has 0 saturated carbocycles. The van der Waals surface area contributed by atoms with Crippen LogP contribution >= 0.6 is 0 Å². The summed E-state index contributed by atoms with van der Waals surface area (Å²) in [5.41, 5.74) is 1.58. The van der Waals surface area contributed by atoms with Gasteiger partial charge >= 0.3 is 0 Å². The predicted octanol–water partition coefficient (Wildman–Crippen LogP) is 4.30. The maximum Gasteiger partial charge on any atom is 0.253 e. The molecule has 1 heterocycles. The second kappa shape index (κ2) is 9.30. The first kappa shape index (κ1) is 21.7. The lowest BCUT2D eigenvalue weighted by atomic mass is 10.0. The molecule has 0 saturated heterocycles.